The SMILES string of the molecule is Cc1cccc(OCCOCCS(=O)(=O)Cl)c1[N+](=O)[O-]. The number of nitro groups is 1. The average molecular weight is 324 g/mol. The van der Waals surface area contributed by atoms with Crippen molar-refractivity contribution in [3.8, 4) is 5.75 Å². The van der Waals surface area contributed by atoms with E-state index in [0.29, 0.717) is 5.56 Å². The molecule has 0 fully saturated rings. The molecule has 1 rings (SSSR count). The van der Waals surface area contributed by atoms with Crippen molar-refractivity contribution in [3.05, 3.63) is 33.9 Å². The zero-order chi connectivity index (χ0) is 15.2. The van der Waals surface area contributed by atoms with Crippen LogP contribution < -0.4 is 4.74 Å². The Morgan fingerprint density at radius 3 is 2.60 bits per heavy atom. The Bertz CT molecular complexity index is 574. The fourth-order valence-electron chi connectivity index (χ4n) is 1.45. The van der Waals surface area contributed by atoms with Crippen LogP contribution in [0.3, 0.4) is 0 Å². The fraction of sp³-hybridized carbons (Fsp3) is 0.455. The topological polar surface area (TPSA) is 95.7 Å². The van der Waals surface area contributed by atoms with Gasteiger partial charge in [-0.05, 0) is 13.0 Å². The average Bonchev–Trinajstić information content (AvgIpc) is 2.31. The van der Waals surface area contributed by atoms with Crippen LogP contribution in [0.5, 0.6) is 5.75 Å². The van der Waals surface area contributed by atoms with Crippen LogP contribution >= 0.6 is 10.7 Å². The van der Waals surface area contributed by atoms with Crippen molar-refractivity contribution in [2.24, 2.45) is 0 Å². The van der Waals surface area contributed by atoms with E-state index in [2.05, 4.69) is 0 Å². The fourth-order valence-corrected chi connectivity index (χ4v) is 1.96. The number of ether oxygens (including phenoxy) is 2. The number of halogens is 1. The first-order valence-electron chi connectivity index (χ1n) is 5.68. The summed E-state index contributed by atoms with van der Waals surface area (Å²) in [5, 5.41) is 10.9. The third-order valence-electron chi connectivity index (χ3n) is 2.34. The standard InChI is InChI=1S/C11H14ClNO6S/c1-9-3-2-4-10(11(9)13(14)15)19-6-5-18-7-8-20(12,16)17/h2-4H,5-8H2,1H3. The van der Waals surface area contributed by atoms with Gasteiger partial charge in [0.2, 0.25) is 9.05 Å². The van der Waals surface area contributed by atoms with E-state index in [-0.39, 0.29) is 37.0 Å². The van der Waals surface area contributed by atoms with Crippen LogP contribution in [-0.2, 0) is 13.8 Å². The lowest BCUT2D eigenvalue weighted by Gasteiger charge is -2.08. The summed E-state index contributed by atoms with van der Waals surface area (Å²) in [5.74, 6) is -0.136. The number of hydrogen-bond acceptors (Lipinski definition) is 6. The molecule has 0 aliphatic heterocycles. The first-order chi connectivity index (χ1) is 9.31. The van der Waals surface area contributed by atoms with Gasteiger partial charge in [-0.25, -0.2) is 8.42 Å². The summed E-state index contributed by atoms with van der Waals surface area (Å²) in [6.07, 6.45) is 0. The van der Waals surface area contributed by atoms with E-state index in [1.165, 1.54) is 6.07 Å². The van der Waals surface area contributed by atoms with Crippen LogP contribution in [0.25, 0.3) is 0 Å². The van der Waals surface area contributed by atoms with Crippen LogP contribution in [0, 0.1) is 17.0 Å². The van der Waals surface area contributed by atoms with E-state index >= 15 is 0 Å². The molecule has 0 spiro atoms. The quantitative estimate of drug-likeness (QED) is 0.313. The van der Waals surface area contributed by atoms with Crippen LogP contribution in [-0.4, -0.2) is 38.9 Å². The molecular formula is C11H14ClNO6S. The number of rotatable bonds is 8. The minimum atomic E-state index is -3.57. The molecule has 0 atom stereocenters. The summed E-state index contributed by atoms with van der Waals surface area (Å²) in [5.41, 5.74) is 0.414. The lowest BCUT2D eigenvalue weighted by molar-refractivity contribution is -0.386. The highest BCUT2D eigenvalue weighted by Crippen LogP contribution is 2.29. The monoisotopic (exact) mass is 323 g/mol. The van der Waals surface area contributed by atoms with E-state index in [9.17, 15) is 18.5 Å². The minimum Gasteiger partial charge on any atom is -0.484 e. The predicted molar refractivity (Wildman–Crippen MR) is 73.8 cm³/mol. The maximum absolute atomic E-state index is 10.9. The second-order valence-corrected chi connectivity index (χ2v) is 6.78. The lowest BCUT2D eigenvalue weighted by atomic mass is 10.2. The number of aryl methyl sites for hydroxylation is 1. The molecule has 0 amide bonds. The Kier molecular flexibility index (Phi) is 6.18. The number of benzene rings is 1. The maximum Gasteiger partial charge on any atom is 0.313 e. The second-order valence-electron chi connectivity index (χ2n) is 3.88. The van der Waals surface area contributed by atoms with Gasteiger partial charge in [-0.1, -0.05) is 12.1 Å². The molecule has 0 heterocycles. The minimum absolute atomic E-state index is 0.0505. The molecule has 0 saturated heterocycles. The second kappa shape index (κ2) is 7.41. The third-order valence-corrected chi connectivity index (χ3v) is 3.46. The van der Waals surface area contributed by atoms with Gasteiger partial charge in [0.05, 0.1) is 23.9 Å². The first-order valence-corrected chi connectivity index (χ1v) is 8.16. The molecule has 9 heteroatoms. The van der Waals surface area contributed by atoms with Gasteiger partial charge in [-0.15, -0.1) is 0 Å². The molecule has 112 valence electrons. The van der Waals surface area contributed by atoms with Crippen molar-refractivity contribution in [2.45, 2.75) is 6.92 Å². The number of para-hydroxylation sites is 1. The molecule has 0 N–H and O–H groups in total. The Labute approximate surface area is 121 Å². The molecule has 0 aliphatic carbocycles. The van der Waals surface area contributed by atoms with E-state index in [1.54, 1.807) is 19.1 Å². The zero-order valence-electron chi connectivity index (χ0n) is 10.7. The zero-order valence-corrected chi connectivity index (χ0v) is 12.3. The Morgan fingerprint density at radius 2 is 2.00 bits per heavy atom. The molecular weight excluding hydrogens is 310 g/mol. The number of hydrogen-bond donors (Lipinski definition) is 0. The smallest absolute Gasteiger partial charge is 0.313 e. The van der Waals surface area contributed by atoms with Crippen LogP contribution in [0.1, 0.15) is 5.56 Å². The van der Waals surface area contributed by atoms with Crippen molar-refractivity contribution in [2.75, 3.05) is 25.6 Å². The molecule has 1 aromatic rings. The third kappa shape index (κ3) is 5.72. The summed E-state index contributed by atoms with van der Waals surface area (Å²) < 4.78 is 31.5. The summed E-state index contributed by atoms with van der Waals surface area (Å²) >= 11 is 0. The van der Waals surface area contributed by atoms with Gasteiger partial charge in [0.15, 0.2) is 5.75 Å². The molecule has 0 aliphatic rings. The van der Waals surface area contributed by atoms with Gasteiger partial charge < -0.3 is 9.47 Å². The normalized spacial score (nSPS) is 11.3. The molecule has 20 heavy (non-hydrogen) atoms. The molecule has 0 bridgehead atoms. The number of nitro benzene ring substituents is 1. The predicted octanol–water partition coefficient (Wildman–Crippen LogP) is 1.87. The van der Waals surface area contributed by atoms with Crippen LogP contribution in [0.4, 0.5) is 5.69 Å². The maximum atomic E-state index is 10.9. The molecule has 1 aromatic carbocycles. The van der Waals surface area contributed by atoms with Crippen molar-refractivity contribution in [3.63, 3.8) is 0 Å². The van der Waals surface area contributed by atoms with Gasteiger partial charge in [0.25, 0.3) is 0 Å². The van der Waals surface area contributed by atoms with E-state index in [0.717, 1.165) is 0 Å². The molecule has 7 nitrogen and oxygen atoms in total. The van der Waals surface area contributed by atoms with Gasteiger partial charge >= 0.3 is 5.69 Å². The van der Waals surface area contributed by atoms with Crippen molar-refractivity contribution in [1.29, 1.82) is 0 Å². The van der Waals surface area contributed by atoms with Gasteiger partial charge in [0, 0.05) is 16.2 Å². The highest BCUT2D eigenvalue weighted by Gasteiger charge is 2.17. The first kappa shape index (κ1) is 16.7. The number of nitrogens with zero attached hydrogens (tertiary/aromatic N) is 1. The Morgan fingerprint density at radius 1 is 1.30 bits per heavy atom. The Balaban J connectivity index is 2.43. The summed E-state index contributed by atoms with van der Waals surface area (Å²) in [6.45, 7) is 1.75. The molecule has 0 aromatic heterocycles. The largest absolute Gasteiger partial charge is 0.484 e. The summed E-state index contributed by atoms with van der Waals surface area (Å²) in [6, 6.07) is 4.76. The highest BCUT2D eigenvalue weighted by atomic mass is 35.7. The van der Waals surface area contributed by atoms with E-state index < -0.39 is 14.0 Å². The summed E-state index contributed by atoms with van der Waals surface area (Å²) in [7, 11) is 1.43. The highest BCUT2D eigenvalue weighted by molar-refractivity contribution is 8.13. The molecule has 0 unspecified atom stereocenters. The molecule has 0 saturated carbocycles. The van der Waals surface area contributed by atoms with Crippen LogP contribution in [0.2, 0.25) is 0 Å². The van der Waals surface area contributed by atoms with E-state index in [1.807, 2.05) is 0 Å². The van der Waals surface area contributed by atoms with Gasteiger partial charge in [0.1, 0.15) is 6.61 Å². The van der Waals surface area contributed by atoms with Crippen LogP contribution in [0.15, 0.2) is 18.2 Å². The molecule has 0 radical (unpaired) electrons. The van der Waals surface area contributed by atoms with Gasteiger partial charge in [-0.3, -0.25) is 10.1 Å². The van der Waals surface area contributed by atoms with E-state index in [4.69, 9.17) is 20.2 Å². The van der Waals surface area contributed by atoms with Crippen molar-refractivity contribution < 1.29 is 22.8 Å². The Hall–Kier alpha value is -1.38. The lowest BCUT2D eigenvalue weighted by Crippen LogP contribution is -2.12. The van der Waals surface area contributed by atoms with Gasteiger partial charge in [-0.2, -0.15) is 0 Å². The van der Waals surface area contributed by atoms with Crippen molar-refractivity contribution in [1.82, 2.24) is 0 Å². The van der Waals surface area contributed by atoms with Crippen molar-refractivity contribution >= 4 is 25.4 Å². The summed E-state index contributed by atoms with van der Waals surface area (Å²) in [4.78, 5) is 10.4.